The molecule has 5 heteroatoms. The molecule has 1 aromatic rings. The van der Waals surface area contributed by atoms with Crippen LogP contribution in [0.5, 0.6) is 0 Å². The summed E-state index contributed by atoms with van der Waals surface area (Å²) in [5.74, 6) is 0.118. The second-order valence-electron chi connectivity index (χ2n) is 3.55. The highest BCUT2D eigenvalue weighted by molar-refractivity contribution is 7.12. The van der Waals surface area contributed by atoms with Crippen LogP contribution in [-0.2, 0) is 11.3 Å². The Balaban J connectivity index is 2.33. The molecule has 17 heavy (non-hydrogen) atoms. The third kappa shape index (κ3) is 4.17. The second kappa shape index (κ2) is 7.05. The van der Waals surface area contributed by atoms with Gasteiger partial charge in [0.25, 0.3) is 0 Å². The number of rotatable bonds is 6. The van der Waals surface area contributed by atoms with E-state index in [0.29, 0.717) is 18.0 Å². The van der Waals surface area contributed by atoms with Gasteiger partial charge in [-0.15, -0.1) is 11.3 Å². The first-order chi connectivity index (χ1) is 8.21. The molecule has 0 aliphatic rings. The summed E-state index contributed by atoms with van der Waals surface area (Å²) in [7, 11) is 0. The second-order valence-corrected chi connectivity index (χ2v) is 4.72. The van der Waals surface area contributed by atoms with Crippen LogP contribution in [0.4, 0.5) is 0 Å². The summed E-state index contributed by atoms with van der Waals surface area (Å²) in [6.07, 6.45) is 0. The van der Waals surface area contributed by atoms with Crippen molar-refractivity contribution >= 4 is 17.2 Å². The van der Waals surface area contributed by atoms with E-state index in [1.165, 1.54) is 11.3 Å². The van der Waals surface area contributed by atoms with Crippen LogP contribution >= 0.6 is 11.3 Å². The summed E-state index contributed by atoms with van der Waals surface area (Å²) >= 11 is 1.46. The first-order valence-corrected chi connectivity index (χ1v) is 6.50. The average molecular weight is 251 g/mol. The zero-order valence-electron chi connectivity index (χ0n) is 10.2. The van der Waals surface area contributed by atoms with Gasteiger partial charge in [-0.1, -0.05) is 0 Å². The average Bonchev–Trinajstić information content (AvgIpc) is 2.78. The smallest absolute Gasteiger partial charge is 0.236 e. The zero-order valence-corrected chi connectivity index (χ0v) is 11.0. The van der Waals surface area contributed by atoms with Crippen molar-refractivity contribution in [3.8, 4) is 6.07 Å². The molecular formula is C12H17N3OS. The number of hydrogen-bond donors (Lipinski definition) is 1. The molecule has 0 aromatic carbocycles. The molecule has 4 nitrogen and oxygen atoms in total. The molecule has 0 radical (unpaired) electrons. The monoisotopic (exact) mass is 251 g/mol. The minimum Gasteiger partial charge on any atom is -0.342 e. The molecule has 0 fully saturated rings. The number of nitrogens with one attached hydrogen (secondary N) is 1. The summed E-state index contributed by atoms with van der Waals surface area (Å²) in [5.41, 5.74) is 0. The van der Waals surface area contributed by atoms with E-state index in [1.807, 2.05) is 19.9 Å². The van der Waals surface area contributed by atoms with E-state index in [-0.39, 0.29) is 5.91 Å². The summed E-state index contributed by atoms with van der Waals surface area (Å²) in [4.78, 5) is 15.2. The van der Waals surface area contributed by atoms with E-state index in [2.05, 4.69) is 11.4 Å². The Labute approximate surface area is 106 Å². The van der Waals surface area contributed by atoms with E-state index < -0.39 is 0 Å². The Kier molecular flexibility index (Phi) is 5.67. The number of thiophene rings is 1. The Morgan fingerprint density at radius 1 is 1.47 bits per heavy atom. The van der Waals surface area contributed by atoms with Gasteiger partial charge in [0.15, 0.2) is 0 Å². The van der Waals surface area contributed by atoms with Gasteiger partial charge < -0.3 is 10.2 Å². The fourth-order valence-corrected chi connectivity index (χ4v) is 2.29. The van der Waals surface area contributed by atoms with Gasteiger partial charge in [0.1, 0.15) is 10.9 Å². The van der Waals surface area contributed by atoms with Crippen molar-refractivity contribution in [3.05, 3.63) is 21.9 Å². The van der Waals surface area contributed by atoms with Gasteiger partial charge in [0.2, 0.25) is 5.91 Å². The molecule has 0 atom stereocenters. The van der Waals surface area contributed by atoms with Crippen LogP contribution in [0.1, 0.15) is 23.6 Å². The molecule has 0 unspecified atom stereocenters. The van der Waals surface area contributed by atoms with Crippen LogP contribution in [-0.4, -0.2) is 30.4 Å². The van der Waals surface area contributed by atoms with Crippen LogP contribution < -0.4 is 5.32 Å². The standard InChI is InChI=1S/C12H17N3OS/c1-3-15(4-2)12(16)9-14-8-11-6-5-10(7-13)17-11/h5-6,14H,3-4,8-9H2,1-2H3. The maximum Gasteiger partial charge on any atom is 0.236 e. The molecular weight excluding hydrogens is 234 g/mol. The molecule has 0 aliphatic carbocycles. The predicted octanol–water partition coefficient (Wildman–Crippen LogP) is 1.58. The third-order valence-electron chi connectivity index (χ3n) is 2.46. The lowest BCUT2D eigenvalue weighted by Crippen LogP contribution is -2.37. The van der Waals surface area contributed by atoms with Crippen LogP contribution in [0.25, 0.3) is 0 Å². The number of carbonyl (C=O) groups excluding carboxylic acids is 1. The quantitative estimate of drug-likeness (QED) is 0.835. The van der Waals surface area contributed by atoms with Gasteiger partial charge in [0, 0.05) is 24.5 Å². The summed E-state index contributed by atoms with van der Waals surface area (Å²) < 4.78 is 0. The zero-order chi connectivity index (χ0) is 12.7. The summed E-state index contributed by atoms with van der Waals surface area (Å²) in [5, 5.41) is 11.8. The minimum atomic E-state index is 0.118. The van der Waals surface area contributed by atoms with Gasteiger partial charge in [-0.2, -0.15) is 5.26 Å². The predicted molar refractivity (Wildman–Crippen MR) is 68.7 cm³/mol. The molecule has 1 amide bonds. The SMILES string of the molecule is CCN(CC)C(=O)CNCc1ccc(C#N)s1. The molecule has 0 aliphatic heterocycles. The van der Waals surface area contributed by atoms with Gasteiger partial charge in [-0.25, -0.2) is 0 Å². The molecule has 0 saturated heterocycles. The fraction of sp³-hybridized carbons (Fsp3) is 0.500. The van der Waals surface area contributed by atoms with E-state index >= 15 is 0 Å². The molecule has 0 bridgehead atoms. The molecule has 1 aromatic heterocycles. The first kappa shape index (κ1) is 13.7. The molecule has 1 heterocycles. The number of nitrogens with zero attached hydrogens (tertiary/aromatic N) is 2. The number of hydrogen-bond acceptors (Lipinski definition) is 4. The van der Waals surface area contributed by atoms with Crippen LogP contribution in [0.2, 0.25) is 0 Å². The van der Waals surface area contributed by atoms with E-state index in [0.717, 1.165) is 18.0 Å². The fourth-order valence-electron chi connectivity index (χ4n) is 1.51. The largest absolute Gasteiger partial charge is 0.342 e. The lowest BCUT2D eigenvalue weighted by atomic mass is 10.4. The maximum absolute atomic E-state index is 11.7. The number of likely N-dealkylation sites (N-methyl/N-ethyl adjacent to an activating group) is 1. The Hall–Kier alpha value is -1.38. The summed E-state index contributed by atoms with van der Waals surface area (Å²) in [6, 6.07) is 5.81. The minimum absolute atomic E-state index is 0.118. The topological polar surface area (TPSA) is 56.1 Å². The van der Waals surface area contributed by atoms with Gasteiger partial charge >= 0.3 is 0 Å². The molecule has 92 valence electrons. The summed E-state index contributed by atoms with van der Waals surface area (Å²) in [6.45, 7) is 6.42. The van der Waals surface area contributed by atoms with Crippen molar-refractivity contribution in [3.63, 3.8) is 0 Å². The highest BCUT2D eigenvalue weighted by atomic mass is 32.1. The van der Waals surface area contributed by atoms with E-state index in [9.17, 15) is 4.79 Å². The first-order valence-electron chi connectivity index (χ1n) is 5.68. The normalized spacial score (nSPS) is 9.94. The van der Waals surface area contributed by atoms with Gasteiger partial charge in [-0.05, 0) is 26.0 Å². The van der Waals surface area contributed by atoms with Crippen LogP contribution in [0, 0.1) is 11.3 Å². The Bertz CT molecular complexity index is 404. The van der Waals surface area contributed by atoms with Crippen molar-refractivity contribution in [1.82, 2.24) is 10.2 Å². The Morgan fingerprint density at radius 2 is 2.18 bits per heavy atom. The maximum atomic E-state index is 11.7. The Morgan fingerprint density at radius 3 is 2.71 bits per heavy atom. The van der Waals surface area contributed by atoms with Gasteiger partial charge in [-0.3, -0.25) is 4.79 Å². The van der Waals surface area contributed by atoms with E-state index in [1.54, 1.807) is 11.0 Å². The molecule has 0 spiro atoms. The lowest BCUT2D eigenvalue weighted by Gasteiger charge is -2.18. The number of amides is 1. The van der Waals surface area contributed by atoms with Crippen molar-refractivity contribution in [1.29, 1.82) is 5.26 Å². The van der Waals surface area contributed by atoms with Crippen molar-refractivity contribution in [2.45, 2.75) is 20.4 Å². The van der Waals surface area contributed by atoms with E-state index in [4.69, 9.17) is 5.26 Å². The van der Waals surface area contributed by atoms with Crippen molar-refractivity contribution in [2.24, 2.45) is 0 Å². The van der Waals surface area contributed by atoms with Crippen molar-refractivity contribution < 1.29 is 4.79 Å². The van der Waals surface area contributed by atoms with Crippen LogP contribution in [0.3, 0.4) is 0 Å². The number of nitriles is 1. The molecule has 1 N–H and O–H groups in total. The molecule has 1 rings (SSSR count). The van der Waals surface area contributed by atoms with Crippen molar-refractivity contribution in [2.75, 3.05) is 19.6 Å². The van der Waals surface area contributed by atoms with Gasteiger partial charge in [0.05, 0.1) is 6.54 Å². The highest BCUT2D eigenvalue weighted by Crippen LogP contribution is 2.14. The van der Waals surface area contributed by atoms with Crippen LogP contribution in [0.15, 0.2) is 12.1 Å². The number of carbonyl (C=O) groups is 1. The highest BCUT2D eigenvalue weighted by Gasteiger charge is 2.08. The lowest BCUT2D eigenvalue weighted by molar-refractivity contribution is -0.129. The molecule has 0 saturated carbocycles. The third-order valence-corrected chi connectivity index (χ3v) is 3.45.